The van der Waals surface area contributed by atoms with Gasteiger partial charge in [-0.25, -0.2) is 8.42 Å². The maximum absolute atomic E-state index is 12.8. The molecule has 0 aliphatic carbocycles. The van der Waals surface area contributed by atoms with Gasteiger partial charge in [0, 0.05) is 44.8 Å². The van der Waals surface area contributed by atoms with Crippen LogP contribution < -0.4 is 4.74 Å². The lowest BCUT2D eigenvalue weighted by atomic mass is 10.0. The monoisotopic (exact) mass is 407 g/mol. The molecule has 10 heteroatoms. The van der Waals surface area contributed by atoms with E-state index in [1.807, 2.05) is 0 Å². The average molecular weight is 407 g/mol. The molecule has 0 aromatic heterocycles. The standard InChI is InChI=1S/C17H24F3N3O3S/c1-21-7-3-4-14(13-21)22-8-10-23(11-9-22)27(24,25)16-6-2-5-15(12-16)26-17(18,19)20/h2,5-6,12,14H,3-4,7-11,13H2,1H3. The number of hydrogen-bond donors (Lipinski definition) is 0. The largest absolute Gasteiger partial charge is 0.573 e. The van der Waals surface area contributed by atoms with Crippen molar-refractivity contribution >= 4 is 10.0 Å². The predicted octanol–water partition coefficient (Wildman–Crippen LogP) is 1.99. The van der Waals surface area contributed by atoms with Crippen molar-refractivity contribution in [1.29, 1.82) is 0 Å². The number of halogens is 3. The van der Waals surface area contributed by atoms with Gasteiger partial charge in [-0.3, -0.25) is 4.90 Å². The van der Waals surface area contributed by atoms with E-state index in [1.54, 1.807) is 0 Å². The number of rotatable bonds is 4. The average Bonchev–Trinajstić information content (AvgIpc) is 2.61. The number of alkyl halides is 3. The number of piperidine rings is 1. The number of benzene rings is 1. The molecule has 0 N–H and O–H groups in total. The third kappa shape index (κ3) is 5.13. The van der Waals surface area contributed by atoms with Gasteiger partial charge in [-0.2, -0.15) is 4.31 Å². The number of likely N-dealkylation sites (tertiary alicyclic amines) is 1. The van der Waals surface area contributed by atoms with Crippen LogP contribution in [0.3, 0.4) is 0 Å². The Bertz CT molecular complexity index is 749. The minimum atomic E-state index is -4.86. The first-order valence-electron chi connectivity index (χ1n) is 8.94. The highest BCUT2D eigenvalue weighted by Crippen LogP contribution is 2.27. The molecule has 0 saturated carbocycles. The highest BCUT2D eigenvalue weighted by molar-refractivity contribution is 7.89. The maximum Gasteiger partial charge on any atom is 0.573 e. The summed E-state index contributed by atoms with van der Waals surface area (Å²) >= 11 is 0. The van der Waals surface area contributed by atoms with Crippen LogP contribution in [-0.4, -0.2) is 81.2 Å². The van der Waals surface area contributed by atoms with Gasteiger partial charge in [-0.1, -0.05) is 6.07 Å². The molecule has 1 unspecified atom stereocenters. The molecule has 0 bridgehead atoms. The number of likely N-dealkylation sites (N-methyl/N-ethyl adjacent to an activating group) is 1. The second-order valence-electron chi connectivity index (χ2n) is 7.02. The lowest BCUT2D eigenvalue weighted by molar-refractivity contribution is -0.274. The van der Waals surface area contributed by atoms with Crippen LogP contribution in [0, 0.1) is 0 Å². The number of nitrogens with zero attached hydrogens (tertiary/aromatic N) is 3. The van der Waals surface area contributed by atoms with Crippen LogP contribution in [0.2, 0.25) is 0 Å². The minimum Gasteiger partial charge on any atom is -0.406 e. The molecular formula is C17H24F3N3O3S. The topological polar surface area (TPSA) is 53.1 Å². The third-order valence-electron chi connectivity index (χ3n) is 5.07. The van der Waals surface area contributed by atoms with Gasteiger partial charge >= 0.3 is 6.36 Å². The minimum absolute atomic E-state index is 0.185. The Morgan fingerprint density at radius 2 is 1.81 bits per heavy atom. The molecule has 0 radical (unpaired) electrons. The van der Waals surface area contributed by atoms with Crippen LogP contribution in [0.1, 0.15) is 12.8 Å². The summed E-state index contributed by atoms with van der Waals surface area (Å²) in [4.78, 5) is 4.41. The Labute approximate surface area is 157 Å². The van der Waals surface area contributed by atoms with E-state index in [1.165, 1.54) is 16.4 Å². The Morgan fingerprint density at radius 3 is 2.44 bits per heavy atom. The zero-order valence-electron chi connectivity index (χ0n) is 15.2. The summed E-state index contributed by atoms with van der Waals surface area (Å²) in [6.45, 7) is 3.96. The van der Waals surface area contributed by atoms with E-state index < -0.39 is 22.1 Å². The molecule has 1 aromatic carbocycles. The van der Waals surface area contributed by atoms with Crippen LogP contribution in [0.4, 0.5) is 13.2 Å². The molecule has 2 saturated heterocycles. The Balaban J connectivity index is 1.65. The fraction of sp³-hybridized carbons (Fsp3) is 0.647. The molecule has 2 aliphatic heterocycles. The fourth-order valence-electron chi connectivity index (χ4n) is 3.73. The zero-order valence-corrected chi connectivity index (χ0v) is 16.0. The molecule has 6 nitrogen and oxygen atoms in total. The van der Waals surface area contributed by atoms with E-state index >= 15 is 0 Å². The van der Waals surface area contributed by atoms with Crippen molar-refractivity contribution in [2.24, 2.45) is 0 Å². The SMILES string of the molecule is CN1CCCC(N2CCN(S(=O)(=O)c3cccc(OC(F)(F)F)c3)CC2)C1. The molecule has 152 valence electrons. The second kappa shape index (κ2) is 7.94. The van der Waals surface area contributed by atoms with Crippen molar-refractivity contribution in [3.05, 3.63) is 24.3 Å². The van der Waals surface area contributed by atoms with Crippen LogP contribution in [0.25, 0.3) is 0 Å². The van der Waals surface area contributed by atoms with E-state index in [9.17, 15) is 21.6 Å². The second-order valence-corrected chi connectivity index (χ2v) is 8.96. The number of hydrogen-bond acceptors (Lipinski definition) is 5. The molecular weight excluding hydrogens is 383 g/mol. The number of piperazine rings is 1. The summed E-state index contributed by atoms with van der Waals surface area (Å²) in [5, 5.41) is 0. The quantitative estimate of drug-likeness (QED) is 0.764. The molecule has 3 rings (SSSR count). The zero-order chi connectivity index (χ0) is 19.7. The van der Waals surface area contributed by atoms with Gasteiger partial charge < -0.3 is 9.64 Å². The first-order chi connectivity index (χ1) is 12.6. The van der Waals surface area contributed by atoms with Crippen molar-refractivity contribution in [3.8, 4) is 5.75 Å². The molecule has 0 amide bonds. The molecule has 27 heavy (non-hydrogen) atoms. The number of ether oxygens (including phenoxy) is 1. The van der Waals surface area contributed by atoms with Crippen molar-refractivity contribution in [3.63, 3.8) is 0 Å². The molecule has 2 aliphatic rings. The molecule has 1 atom stereocenters. The van der Waals surface area contributed by atoms with E-state index in [-0.39, 0.29) is 4.90 Å². The van der Waals surface area contributed by atoms with Crippen LogP contribution in [0.15, 0.2) is 29.2 Å². The summed E-state index contributed by atoms with van der Waals surface area (Å²) in [6, 6.07) is 4.98. The Kier molecular flexibility index (Phi) is 5.99. The van der Waals surface area contributed by atoms with Gasteiger partial charge in [0.2, 0.25) is 10.0 Å². The Hall–Kier alpha value is -1.36. The van der Waals surface area contributed by atoms with Gasteiger partial charge in [-0.05, 0) is 38.6 Å². The van der Waals surface area contributed by atoms with Crippen molar-refractivity contribution < 1.29 is 26.3 Å². The first kappa shape index (κ1) is 20.4. The summed E-state index contributed by atoms with van der Waals surface area (Å²) in [5.74, 6) is -0.535. The van der Waals surface area contributed by atoms with Gasteiger partial charge in [0.25, 0.3) is 0 Å². The molecule has 0 spiro atoms. The molecule has 2 heterocycles. The van der Waals surface area contributed by atoms with Gasteiger partial charge in [-0.15, -0.1) is 13.2 Å². The third-order valence-corrected chi connectivity index (χ3v) is 6.96. The van der Waals surface area contributed by atoms with E-state index in [4.69, 9.17) is 0 Å². The lowest BCUT2D eigenvalue weighted by Gasteiger charge is -2.42. The van der Waals surface area contributed by atoms with Crippen LogP contribution in [0.5, 0.6) is 5.75 Å². The predicted molar refractivity (Wildman–Crippen MR) is 94.0 cm³/mol. The summed E-state index contributed by atoms with van der Waals surface area (Å²) in [7, 11) is -1.77. The lowest BCUT2D eigenvalue weighted by Crippen LogP contribution is -2.55. The first-order valence-corrected chi connectivity index (χ1v) is 10.4. The summed E-state index contributed by atoms with van der Waals surface area (Å²) in [5.41, 5.74) is 0. The number of sulfonamides is 1. The van der Waals surface area contributed by atoms with Crippen LogP contribution >= 0.6 is 0 Å². The fourth-order valence-corrected chi connectivity index (χ4v) is 5.18. The van der Waals surface area contributed by atoms with Crippen molar-refractivity contribution in [2.75, 3.05) is 46.3 Å². The summed E-state index contributed by atoms with van der Waals surface area (Å²) < 4.78 is 67.9. The van der Waals surface area contributed by atoms with Crippen molar-refractivity contribution in [1.82, 2.24) is 14.1 Å². The molecule has 1 aromatic rings. The van der Waals surface area contributed by atoms with E-state index in [2.05, 4.69) is 21.6 Å². The van der Waals surface area contributed by atoms with Crippen molar-refractivity contribution in [2.45, 2.75) is 30.1 Å². The highest BCUT2D eigenvalue weighted by atomic mass is 32.2. The smallest absolute Gasteiger partial charge is 0.406 e. The van der Waals surface area contributed by atoms with E-state index in [0.717, 1.165) is 38.1 Å². The van der Waals surface area contributed by atoms with Gasteiger partial charge in [0.1, 0.15) is 5.75 Å². The molecule has 2 fully saturated rings. The van der Waals surface area contributed by atoms with Crippen LogP contribution in [-0.2, 0) is 10.0 Å². The van der Waals surface area contributed by atoms with Gasteiger partial charge in [0.15, 0.2) is 0 Å². The maximum atomic E-state index is 12.8. The van der Waals surface area contributed by atoms with E-state index in [0.29, 0.717) is 32.2 Å². The Morgan fingerprint density at radius 1 is 1.11 bits per heavy atom. The summed E-state index contributed by atoms with van der Waals surface area (Å²) in [6.07, 6.45) is -2.62. The van der Waals surface area contributed by atoms with Gasteiger partial charge in [0.05, 0.1) is 4.90 Å². The highest BCUT2D eigenvalue weighted by Gasteiger charge is 2.34. The normalized spacial score (nSPS) is 24.1.